The predicted octanol–water partition coefficient (Wildman–Crippen LogP) is 5.58. The minimum atomic E-state index is -1.53. The van der Waals surface area contributed by atoms with E-state index < -0.39 is 35.3 Å². The molecule has 2 amide bonds. The van der Waals surface area contributed by atoms with E-state index in [1.165, 1.54) is 0 Å². The molecule has 3 atom stereocenters. The average Bonchev–Trinajstić information content (AvgIpc) is 2.93. The highest BCUT2D eigenvalue weighted by Crippen LogP contribution is 2.43. The van der Waals surface area contributed by atoms with E-state index in [1.807, 2.05) is 78.9 Å². The zero-order chi connectivity index (χ0) is 27.3. The highest BCUT2D eigenvalue weighted by molar-refractivity contribution is 6.30. The zero-order valence-corrected chi connectivity index (χ0v) is 22.4. The van der Waals surface area contributed by atoms with Gasteiger partial charge in [-0.3, -0.25) is 14.4 Å². The largest absolute Gasteiger partial charge is 0.452 e. The van der Waals surface area contributed by atoms with Gasteiger partial charge in [0.25, 0.3) is 11.8 Å². The first-order valence-electron chi connectivity index (χ1n) is 12.7. The van der Waals surface area contributed by atoms with Gasteiger partial charge in [0.05, 0.1) is 0 Å². The molecule has 38 heavy (non-hydrogen) atoms. The highest BCUT2D eigenvalue weighted by atomic mass is 35.5. The number of amides is 2. The van der Waals surface area contributed by atoms with Crippen molar-refractivity contribution in [2.24, 2.45) is 5.92 Å². The number of hydrogen-bond acceptors (Lipinski definition) is 4. The summed E-state index contributed by atoms with van der Waals surface area (Å²) in [6.07, 6.45) is 1.02. The van der Waals surface area contributed by atoms with Gasteiger partial charge in [-0.25, -0.2) is 0 Å². The minimum Gasteiger partial charge on any atom is -0.452 e. The molecule has 3 aromatic rings. The fourth-order valence-electron chi connectivity index (χ4n) is 4.70. The Morgan fingerprint density at radius 3 is 2.16 bits per heavy atom. The third-order valence-corrected chi connectivity index (χ3v) is 6.93. The number of carbonyl (C=O) groups is 3. The topological polar surface area (TPSA) is 84.5 Å². The number of rotatable bonds is 8. The average molecular weight is 531 g/mol. The fraction of sp³-hybridized carbons (Fsp3) is 0.258. The molecule has 0 aromatic heterocycles. The van der Waals surface area contributed by atoms with Crippen LogP contribution in [0.4, 0.5) is 0 Å². The first-order valence-corrected chi connectivity index (χ1v) is 13.0. The van der Waals surface area contributed by atoms with Gasteiger partial charge in [0, 0.05) is 23.1 Å². The number of esters is 1. The highest BCUT2D eigenvalue weighted by Gasteiger charge is 2.52. The molecule has 1 unspecified atom stereocenters. The number of halogens is 1. The summed E-state index contributed by atoms with van der Waals surface area (Å²) in [6.45, 7) is 5.27. The molecular formula is C31H31ClN2O4. The molecule has 1 aliphatic heterocycles. The quantitative estimate of drug-likeness (QED) is 0.372. The molecule has 1 heterocycles. The number of nitrogens with one attached hydrogen (secondary N) is 2. The van der Waals surface area contributed by atoms with Gasteiger partial charge in [-0.2, -0.15) is 0 Å². The molecule has 2 N–H and O–H groups in total. The summed E-state index contributed by atoms with van der Waals surface area (Å²) in [4.78, 5) is 40.2. The lowest BCUT2D eigenvalue weighted by Gasteiger charge is -2.43. The molecule has 0 aliphatic carbocycles. The number of ether oxygens (including phenoxy) is 1. The van der Waals surface area contributed by atoms with Crippen LogP contribution in [0.2, 0.25) is 5.02 Å². The van der Waals surface area contributed by atoms with Gasteiger partial charge >= 0.3 is 5.97 Å². The van der Waals surface area contributed by atoms with Crippen molar-refractivity contribution in [3.8, 4) is 0 Å². The van der Waals surface area contributed by atoms with Crippen LogP contribution in [0.5, 0.6) is 0 Å². The molecule has 7 heteroatoms. The first-order chi connectivity index (χ1) is 18.3. The summed E-state index contributed by atoms with van der Waals surface area (Å²) in [7, 11) is 0. The van der Waals surface area contributed by atoms with Crippen LogP contribution in [-0.2, 0) is 24.7 Å². The van der Waals surface area contributed by atoms with Crippen LogP contribution in [0.15, 0.2) is 91.0 Å². The molecule has 0 radical (unpaired) electrons. The molecule has 196 valence electrons. The Kier molecular flexibility index (Phi) is 8.32. The molecule has 0 saturated carbocycles. The Hall–Kier alpha value is -3.90. The molecule has 6 nitrogen and oxygen atoms in total. The van der Waals surface area contributed by atoms with Crippen molar-refractivity contribution in [2.45, 2.75) is 44.8 Å². The predicted molar refractivity (Wildman–Crippen MR) is 148 cm³/mol. The standard InChI is InChI=1S/C31H31ClN2O4/c1-4-27(35)38-28(20(2)3)29(36)34-31(23-13-9-6-10-14-23)25(21-15-17-24(32)18-16-21)19-26(33-30(31)37)22-11-7-5-8-12-22/h5-20,25,28H,4H2,1-3H3,(H,33,37)(H,34,36)/t25-,28?,31+/m0/s1. The second-order valence-electron chi connectivity index (χ2n) is 9.60. The van der Waals surface area contributed by atoms with Crippen LogP contribution < -0.4 is 10.6 Å². The zero-order valence-electron chi connectivity index (χ0n) is 21.6. The maximum absolute atomic E-state index is 14.3. The summed E-state index contributed by atoms with van der Waals surface area (Å²) in [5.74, 6) is -2.35. The lowest BCUT2D eigenvalue weighted by molar-refractivity contribution is -0.159. The molecule has 0 fully saturated rings. The van der Waals surface area contributed by atoms with Gasteiger partial charge in [0.15, 0.2) is 11.6 Å². The van der Waals surface area contributed by atoms with Crippen LogP contribution in [0, 0.1) is 5.92 Å². The Morgan fingerprint density at radius 2 is 1.58 bits per heavy atom. The number of carbonyl (C=O) groups excluding carboxylic acids is 3. The molecule has 0 bridgehead atoms. The molecule has 0 spiro atoms. The second-order valence-corrected chi connectivity index (χ2v) is 10.0. The summed E-state index contributed by atoms with van der Waals surface area (Å²) >= 11 is 6.20. The smallest absolute Gasteiger partial charge is 0.306 e. The summed E-state index contributed by atoms with van der Waals surface area (Å²) in [5.41, 5.74) is 1.32. The van der Waals surface area contributed by atoms with Gasteiger partial charge in [-0.1, -0.05) is 105 Å². The van der Waals surface area contributed by atoms with Crippen LogP contribution >= 0.6 is 11.6 Å². The van der Waals surface area contributed by atoms with E-state index in [-0.39, 0.29) is 12.3 Å². The second kappa shape index (κ2) is 11.7. The Bertz CT molecular complexity index is 1320. The Balaban J connectivity index is 1.91. The third-order valence-electron chi connectivity index (χ3n) is 6.68. The third kappa shape index (κ3) is 5.50. The Labute approximate surface area is 228 Å². The molecule has 3 aromatic carbocycles. The van der Waals surface area contributed by atoms with Gasteiger partial charge < -0.3 is 15.4 Å². The molecular weight excluding hydrogens is 500 g/mol. The van der Waals surface area contributed by atoms with E-state index in [4.69, 9.17) is 16.3 Å². The van der Waals surface area contributed by atoms with Crippen molar-refractivity contribution < 1.29 is 19.1 Å². The maximum Gasteiger partial charge on any atom is 0.306 e. The van der Waals surface area contributed by atoms with Crippen LogP contribution in [-0.4, -0.2) is 23.9 Å². The lowest BCUT2D eigenvalue weighted by atomic mass is 9.71. The van der Waals surface area contributed by atoms with Crippen molar-refractivity contribution >= 4 is 35.1 Å². The van der Waals surface area contributed by atoms with E-state index in [0.29, 0.717) is 16.3 Å². The van der Waals surface area contributed by atoms with Gasteiger partial charge in [0.1, 0.15) is 0 Å². The van der Waals surface area contributed by atoms with Crippen molar-refractivity contribution in [2.75, 3.05) is 0 Å². The van der Waals surface area contributed by atoms with Crippen LogP contribution in [0.1, 0.15) is 49.8 Å². The van der Waals surface area contributed by atoms with E-state index in [1.54, 1.807) is 32.9 Å². The molecule has 0 saturated heterocycles. The minimum absolute atomic E-state index is 0.136. The van der Waals surface area contributed by atoms with Crippen LogP contribution in [0.25, 0.3) is 5.70 Å². The van der Waals surface area contributed by atoms with Crippen molar-refractivity contribution in [1.82, 2.24) is 10.6 Å². The van der Waals surface area contributed by atoms with E-state index >= 15 is 0 Å². The molecule has 1 aliphatic rings. The summed E-state index contributed by atoms with van der Waals surface area (Å²) < 4.78 is 5.51. The maximum atomic E-state index is 14.3. The molecule has 4 rings (SSSR count). The van der Waals surface area contributed by atoms with Gasteiger partial charge in [-0.05, 0) is 40.8 Å². The SMILES string of the molecule is CCC(=O)OC(C(=O)N[C@@]1(c2ccccc2)C(=O)NC(c2ccccc2)=C[C@H]1c1ccc(Cl)cc1)C(C)C. The summed E-state index contributed by atoms with van der Waals surface area (Å²) in [6, 6.07) is 25.9. The van der Waals surface area contributed by atoms with Crippen LogP contribution in [0.3, 0.4) is 0 Å². The van der Waals surface area contributed by atoms with Gasteiger partial charge in [-0.15, -0.1) is 0 Å². The van der Waals surface area contributed by atoms with E-state index in [9.17, 15) is 14.4 Å². The van der Waals surface area contributed by atoms with Gasteiger partial charge in [0.2, 0.25) is 0 Å². The number of benzene rings is 3. The van der Waals surface area contributed by atoms with Crippen molar-refractivity contribution in [3.05, 3.63) is 113 Å². The first kappa shape index (κ1) is 27.1. The van der Waals surface area contributed by atoms with Crippen molar-refractivity contribution in [3.63, 3.8) is 0 Å². The van der Waals surface area contributed by atoms with E-state index in [0.717, 1.165) is 11.1 Å². The lowest BCUT2D eigenvalue weighted by Crippen LogP contribution is -2.63. The van der Waals surface area contributed by atoms with Crippen molar-refractivity contribution in [1.29, 1.82) is 0 Å². The number of hydrogen-bond donors (Lipinski definition) is 2. The fourth-order valence-corrected chi connectivity index (χ4v) is 4.83. The Morgan fingerprint density at radius 1 is 0.974 bits per heavy atom. The van der Waals surface area contributed by atoms with E-state index in [2.05, 4.69) is 10.6 Å². The monoisotopic (exact) mass is 530 g/mol. The summed E-state index contributed by atoms with van der Waals surface area (Å²) in [5, 5.41) is 6.63. The normalized spacial score (nSPS) is 19.8.